The Kier molecular flexibility index (Phi) is 5.30. The quantitative estimate of drug-likeness (QED) is 0.474. The van der Waals surface area contributed by atoms with Crippen molar-refractivity contribution in [3.05, 3.63) is 52.3 Å². The van der Waals surface area contributed by atoms with Crippen molar-refractivity contribution in [2.24, 2.45) is 0 Å². The standard InChI is InChI=1S/C14H16N4O3/c1-21-6-5-15-8-11-9-16-14(17-10-11)12-3-2-4-13(7-12)18(19)20/h2-4,7,9-10,15H,5-6,8H2,1H3. The highest BCUT2D eigenvalue weighted by atomic mass is 16.6. The van der Waals surface area contributed by atoms with Crippen LogP contribution < -0.4 is 5.32 Å². The molecule has 7 heteroatoms. The molecular formula is C14H16N4O3. The number of nitrogens with zero attached hydrogens (tertiary/aromatic N) is 3. The van der Waals surface area contributed by atoms with Crippen LogP contribution in [0.25, 0.3) is 11.4 Å². The minimum absolute atomic E-state index is 0.0291. The molecule has 0 fully saturated rings. The first-order valence-corrected chi connectivity index (χ1v) is 6.46. The Hall–Kier alpha value is -2.38. The van der Waals surface area contributed by atoms with Crippen LogP contribution in [0.3, 0.4) is 0 Å². The van der Waals surface area contributed by atoms with E-state index in [1.165, 1.54) is 12.1 Å². The molecule has 7 nitrogen and oxygen atoms in total. The van der Waals surface area contributed by atoms with E-state index in [4.69, 9.17) is 4.74 Å². The van der Waals surface area contributed by atoms with Crippen molar-refractivity contribution in [3.8, 4) is 11.4 Å². The molecule has 21 heavy (non-hydrogen) atoms. The van der Waals surface area contributed by atoms with Gasteiger partial charge in [0.05, 0.1) is 11.5 Å². The van der Waals surface area contributed by atoms with Gasteiger partial charge in [0.2, 0.25) is 0 Å². The van der Waals surface area contributed by atoms with Gasteiger partial charge >= 0.3 is 0 Å². The molecule has 0 saturated carbocycles. The van der Waals surface area contributed by atoms with Crippen LogP contribution >= 0.6 is 0 Å². The zero-order chi connectivity index (χ0) is 15.1. The Morgan fingerprint density at radius 3 is 2.76 bits per heavy atom. The number of ether oxygens (including phenoxy) is 1. The Bertz CT molecular complexity index is 601. The highest BCUT2D eigenvalue weighted by Crippen LogP contribution is 2.20. The highest BCUT2D eigenvalue weighted by Gasteiger charge is 2.08. The second kappa shape index (κ2) is 7.41. The minimum atomic E-state index is -0.433. The van der Waals surface area contributed by atoms with Crippen LogP contribution in [0.4, 0.5) is 5.69 Å². The summed E-state index contributed by atoms with van der Waals surface area (Å²) in [6, 6.07) is 6.28. The van der Waals surface area contributed by atoms with E-state index in [1.807, 2.05) is 0 Å². The lowest BCUT2D eigenvalue weighted by atomic mass is 10.2. The Balaban J connectivity index is 2.04. The summed E-state index contributed by atoms with van der Waals surface area (Å²) in [6.07, 6.45) is 3.42. The van der Waals surface area contributed by atoms with Crippen molar-refractivity contribution in [2.45, 2.75) is 6.54 Å². The smallest absolute Gasteiger partial charge is 0.270 e. The van der Waals surface area contributed by atoms with E-state index in [0.29, 0.717) is 24.5 Å². The van der Waals surface area contributed by atoms with Gasteiger partial charge in [-0.3, -0.25) is 10.1 Å². The molecule has 1 N–H and O–H groups in total. The van der Waals surface area contributed by atoms with Crippen molar-refractivity contribution >= 4 is 5.69 Å². The van der Waals surface area contributed by atoms with Crippen molar-refractivity contribution in [1.82, 2.24) is 15.3 Å². The number of methoxy groups -OCH3 is 1. The third kappa shape index (κ3) is 4.30. The molecule has 0 radical (unpaired) electrons. The fourth-order valence-electron chi connectivity index (χ4n) is 1.76. The monoisotopic (exact) mass is 288 g/mol. The van der Waals surface area contributed by atoms with Crippen LogP contribution in [-0.4, -0.2) is 35.2 Å². The van der Waals surface area contributed by atoms with E-state index in [0.717, 1.165) is 12.1 Å². The number of non-ortho nitro benzene ring substituents is 1. The molecule has 0 atom stereocenters. The zero-order valence-corrected chi connectivity index (χ0v) is 11.7. The number of benzene rings is 1. The summed E-state index contributed by atoms with van der Waals surface area (Å²) in [5.74, 6) is 0.472. The normalized spacial score (nSPS) is 10.5. The Labute approximate surface area is 122 Å². The van der Waals surface area contributed by atoms with Gasteiger partial charge in [-0.1, -0.05) is 12.1 Å². The van der Waals surface area contributed by atoms with Crippen LogP contribution in [0.2, 0.25) is 0 Å². The van der Waals surface area contributed by atoms with E-state index in [2.05, 4.69) is 15.3 Å². The first kappa shape index (κ1) is 15.0. The summed E-state index contributed by atoms with van der Waals surface area (Å²) in [7, 11) is 1.65. The fourth-order valence-corrected chi connectivity index (χ4v) is 1.76. The SMILES string of the molecule is COCCNCc1cnc(-c2cccc([N+](=O)[O-])c2)nc1. The molecule has 2 aromatic rings. The third-order valence-electron chi connectivity index (χ3n) is 2.83. The number of hydrogen-bond donors (Lipinski definition) is 1. The van der Waals surface area contributed by atoms with E-state index < -0.39 is 4.92 Å². The average molecular weight is 288 g/mol. The summed E-state index contributed by atoms with van der Waals surface area (Å²) >= 11 is 0. The summed E-state index contributed by atoms with van der Waals surface area (Å²) < 4.78 is 4.94. The van der Waals surface area contributed by atoms with Crippen LogP contribution in [-0.2, 0) is 11.3 Å². The molecule has 0 unspecified atom stereocenters. The van der Waals surface area contributed by atoms with Crippen molar-refractivity contribution < 1.29 is 9.66 Å². The average Bonchev–Trinajstić information content (AvgIpc) is 2.52. The molecule has 1 aromatic heterocycles. The van der Waals surface area contributed by atoms with Gasteiger partial charge in [-0.25, -0.2) is 9.97 Å². The van der Waals surface area contributed by atoms with Crippen LogP contribution in [0.1, 0.15) is 5.56 Å². The van der Waals surface area contributed by atoms with Gasteiger partial charge in [-0.2, -0.15) is 0 Å². The van der Waals surface area contributed by atoms with Gasteiger partial charge in [-0.15, -0.1) is 0 Å². The first-order valence-electron chi connectivity index (χ1n) is 6.46. The van der Waals surface area contributed by atoms with Crippen molar-refractivity contribution in [3.63, 3.8) is 0 Å². The molecule has 0 aliphatic heterocycles. The van der Waals surface area contributed by atoms with E-state index >= 15 is 0 Å². The van der Waals surface area contributed by atoms with E-state index in [9.17, 15) is 10.1 Å². The van der Waals surface area contributed by atoms with Gasteiger partial charge < -0.3 is 10.1 Å². The summed E-state index contributed by atoms with van der Waals surface area (Å²) in [5, 5.41) is 13.9. The predicted molar refractivity (Wildman–Crippen MR) is 77.7 cm³/mol. The molecule has 0 spiro atoms. The topological polar surface area (TPSA) is 90.2 Å². The molecule has 1 heterocycles. The Morgan fingerprint density at radius 1 is 1.33 bits per heavy atom. The van der Waals surface area contributed by atoms with Crippen molar-refractivity contribution in [1.29, 1.82) is 0 Å². The number of nitro benzene ring substituents is 1. The molecule has 0 saturated heterocycles. The largest absolute Gasteiger partial charge is 0.383 e. The van der Waals surface area contributed by atoms with Gasteiger partial charge in [0.15, 0.2) is 5.82 Å². The molecule has 110 valence electrons. The minimum Gasteiger partial charge on any atom is -0.383 e. The van der Waals surface area contributed by atoms with Gasteiger partial charge in [0.25, 0.3) is 5.69 Å². The van der Waals surface area contributed by atoms with Crippen LogP contribution in [0.5, 0.6) is 0 Å². The maximum Gasteiger partial charge on any atom is 0.270 e. The number of rotatable bonds is 7. The fraction of sp³-hybridized carbons (Fsp3) is 0.286. The number of hydrogen-bond acceptors (Lipinski definition) is 6. The predicted octanol–water partition coefficient (Wildman–Crippen LogP) is 1.79. The highest BCUT2D eigenvalue weighted by molar-refractivity contribution is 5.58. The van der Waals surface area contributed by atoms with E-state index in [-0.39, 0.29) is 5.69 Å². The molecular weight excluding hydrogens is 272 g/mol. The molecule has 0 bridgehead atoms. The summed E-state index contributed by atoms with van der Waals surface area (Å²) in [4.78, 5) is 18.8. The third-order valence-corrected chi connectivity index (χ3v) is 2.83. The Morgan fingerprint density at radius 2 is 2.10 bits per heavy atom. The zero-order valence-electron chi connectivity index (χ0n) is 11.7. The second-order valence-electron chi connectivity index (χ2n) is 4.39. The molecule has 0 aliphatic carbocycles. The van der Waals surface area contributed by atoms with E-state index in [1.54, 1.807) is 31.6 Å². The van der Waals surface area contributed by atoms with Crippen molar-refractivity contribution in [2.75, 3.05) is 20.3 Å². The number of aromatic nitrogens is 2. The summed E-state index contributed by atoms with van der Waals surface area (Å²) in [6.45, 7) is 2.05. The lowest BCUT2D eigenvalue weighted by Crippen LogP contribution is -2.18. The first-order chi connectivity index (χ1) is 10.2. The number of nitro groups is 1. The molecule has 1 aromatic carbocycles. The number of nitrogens with one attached hydrogen (secondary N) is 1. The lowest BCUT2D eigenvalue weighted by Gasteiger charge is -2.05. The lowest BCUT2D eigenvalue weighted by molar-refractivity contribution is -0.384. The summed E-state index contributed by atoms with van der Waals surface area (Å²) in [5.41, 5.74) is 1.60. The van der Waals surface area contributed by atoms with Gasteiger partial charge in [0, 0.05) is 55.9 Å². The maximum atomic E-state index is 10.8. The molecule has 2 rings (SSSR count). The van der Waals surface area contributed by atoms with Crippen LogP contribution in [0, 0.1) is 10.1 Å². The van der Waals surface area contributed by atoms with Gasteiger partial charge in [0.1, 0.15) is 0 Å². The second-order valence-corrected chi connectivity index (χ2v) is 4.39. The van der Waals surface area contributed by atoms with Crippen LogP contribution in [0.15, 0.2) is 36.7 Å². The molecule has 0 aliphatic rings. The maximum absolute atomic E-state index is 10.8. The molecule has 0 amide bonds. The van der Waals surface area contributed by atoms with Gasteiger partial charge in [-0.05, 0) is 0 Å².